The fourth-order valence-corrected chi connectivity index (χ4v) is 1.35. The molecule has 0 radical (unpaired) electrons. The van der Waals surface area contributed by atoms with Gasteiger partial charge in [0, 0.05) is 13.1 Å². The van der Waals surface area contributed by atoms with Gasteiger partial charge in [-0.05, 0) is 19.1 Å². The average molecular weight is 375 g/mol. The summed E-state index contributed by atoms with van der Waals surface area (Å²) in [7, 11) is 0. The highest BCUT2D eigenvalue weighted by molar-refractivity contribution is 14.0. The molecule has 1 rings (SSSR count). The van der Waals surface area contributed by atoms with Crippen LogP contribution in [0.3, 0.4) is 0 Å². The van der Waals surface area contributed by atoms with Crippen LogP contribution >= 0.6 is 24.0 Å². The number of rotatable bonds is 7. The summed E-state index contributed by atoms with van der Waals surface area (Å²) >= 11 is 0. The first-order chi connectivity index (χ1) is 8.86. The smallest absolute Gasteiger partial charge is 0.191 e. The largest absolute Gasteiger partial charge is 0.492 e. The lowest BCUT2D eigenvalue weighted by atomic mass is 10.3. The molecule has 4 nitrogen and oxygen atoms in total. The molecule has 0 spiro atoms. The van der Waals surface area contributed by atoms with Gasteiger partial charge in [0.05, 0.1) is 6.54 Å². The Bertz CT molecular complexity index is 368. The molecule has 0 atom stereocenters. The number of para-hydroxylation sites is 1. The Kier molecular flexibility index (Phi) is 11.1. The van der Waals surface area contributed by atoms with E-state index in [0.29, 0.717) is 19.7 Å². The number of hydrogen-bond acceptors (Lipinski definition) is 2. The molecule has 0 aliphatic rings. The topological polar surface area (TPSA) is 45.7 Å². The van der Waals surface area contributed by atoms with Crippen molar-refractivity contribution in [3.63, 3.8) is 0 Å². The number of nitrogens with one attached hydrogen (secondary N) is 2. The molecule has 0 aliphatic carbocycles. The Morgan fingerprint density at radius 3 is 2.68 bits per heavy atom. The van der Waals surface area contributed by atoms with Gasteiger partial charge in [0.2, 0.25) is 0 Å². The average Bonchev–Trinajstić information content (AvgIpc) is 2.42. The summed E-state index contributed by atoms with van der Waals surface area (Å²) in [5.41, 5.74) is 0. The second kappa shape index (κ2) is 11.8. The quantitative estimate of drug-likeness (QED) is 0.253. The van der Waals surface area contributed by atoms with Crippen molar-refractivity contribution in [1.29, 1.82) is 0 Å². The van der Waals surface area contributed by atoms with Gasteiger partial charge in [-0.1, -0.05) is 24.3 Å². The van der Waals surface area contributed by atoms with E-state index >= 15 is 0 Å². The first-order valence-corrected chi connectivity index (χ1v) is 6.17. The Balaban J connectivity index is 0.00000324. The molecule has 0 aromatic heterocycles. The molecule has 2 N–H and O–H groups in total. The lowest BCUT2D eigenvalue weighted by molar-refractivity contribution is 0.328. The van der Waals surface area contributed by atoms with Crippen LogP contribution in [0.4, 0.5) is 0 Å². The molecule has 1 aromatic carbocycles. The molecule has 0 saturated heterocycles. The predicted octanol–water partition coefficient (Wildman–Crippen LogP) is 2.42. The minimum Gasteiger partial charge on any atom is -0.492 e. The number of halogens is 1. The van der Waals surface area contributed by atoms with E-state index in [-0.39, 0.29) is 24.0 Å². The molecule has 0 aliphatic heterocycles. The van der Waals surface area contributed by atoms with Crippen molar-refractivity contribution >= 4 is 29.9 Å². The minimum atomic E-state index is 0. The van der Waals surface area contributed by atoms with E-state index in [1.807, 2.05) is 37.3 Å². The molecule has 5 heteroatoms. The van der Waals surface area contributed by atoms with Crippen molar-refractivity contribution in [2.24, 2.45) is 4.99 Å². The molecule has 0 heterocycles. The van der Waals surface area contributed by atoms with Gasteiger partial charge in [0.25, 0.3) is 0 Å². The van der Waals surface area contributed by atoms with E-state index in [0.717, 1.165) is 18.3 Å². The van der Waals surface area contributed by atoms with Crippen LogP contribution in [0.25, 0.3) is 0 Å². The maximum atomic E-state index is 5.56. The van der Waals surface area contributed by atoms with E-state index in [4.69, 9.17) is 4.74 Å². The van der Waals surface area contributed by atoms with E-state index in [2.05, 4.69) is 22.2 Å². The number of ether oxygens (including phenoxy) is 1. The van der Waals surface area contributed by atoms with Crippen molar-refractivity contribution < 1.29 is 4.74 Å². The standard InChI is InChI=1S/C14H21N3O.HI/c1-3-10-16-14(15-4-2)17-11-12-18-13-8-6-5-7-9-13;/h3,5-9H,1,4,10-12H2,2H3,(H2,15,16,17);1H. The number of guanidine groups is 1. The zero-order chi connectivity index (χ0) is 13.1. The van der Waals surface area contributed by atoms with Crippen molar-refractivity contribution in [2.45, 2.75) is 6.92 Å². The van der Waals surface area contributed by atoms with Crippen molar-refractivity contribution in [3.05, 3.63) is 43.0 Å². The molecule has 0 unspecified atom stereocenters. The lowest BCUT2D eigenvalue weighted by Crippen LogP contribution is -2.37. The second-order valence-electron chi connectivity index (χ2n) is 3.59. The molecule has 106 valence electrons. The molecule has 0 fully saturated rings. The summed E-state index contributed by atoms with van der Waals surface area (Å²) in [5, 5.41) is 6.29. The van der Waals surface area contributed by atoms with Gasteiger partial charge in [-0.25, -0.2) is 4.99 Å². The molecule has 19 heavy (non-hydrogen) atoms. The zero-order valence-corrected chi connectivity index (χ0v) is 13.6. The van der Waals surface area contributed by atoms with E-state index in [9.17, 15) is 0 Å². The van der Waals surface area contributed by atoms with Gasteiger partial charge in [0.1, 0.15) is 12.4 Å². The van der Waals surface area contributed by atoms with Crippen LogP contribution in [-0.4, -0.2) is 32.2 Å². The van der Waals surface area contributed by atoms with Crippen LogP contribution in [-0.2, 0) is 0 Å². The van der Waals surface area contributed by atoms with Crippen LogP contribution in [0, 0.1) is 0 Å². The summed E-state index contributed by atoms with van der Waals surface area (Å²) < 4.78 is 5.56. The number of nitrogens with zero attached hydrogens (tertiary/aromatic N) is 1. The van der Waals surface area contributed by atoms with Gasteiger partial charge < -0.3 is 15.4 Å². The zero-order valence-electron chi connectivity index (χ0n) is 11.3. The lowest BCUT2D eigenvalue weighted by Gasteiger charge is -2.09. The predicted molar refractivity (Wildman–Crippen MR) is 91.5 cm³/mol. The molecular formula is C14H22IN3O. The number of benzene rings is 1. The fraction of sp³-hybridized carbons (Fsp3) is 0.357. The fourth-order valence-electron chi connectivity index (χ4n) is 1.35. The highest BCUT2D eigenvalue weighted by Gasteiger charge is 1.94. The van der Waals surface area contributed by atoms with Crippen LogP contribution < -0.4 is 15.4 Å². The highest BCUT2D eigenvalue weighted by atomic mass is 127. The van der Waals surface area contributed by atoms with Crippen LogP contribution in [0.5, 0.6) is 5.75 Å². The first-order valence-electron chi connectivity index (χ1n) is 6.17. The third kappa shape index (κ3) is 8.47. The third-order valence-electron chi connectivity index (χ3n) is 2.13. The summed E-state index contributed by atoms with van der Waals surface area (Å²) in [6.07, 6.45) is 1.80. The van der Waals surface area contributed by atoms with E-state index in [1.165, 1.54) is 0 Å². The van der Waals surface area contributed by atoms with Crippen molar-refractivity contribution in [1.82, 2.24) is 10.6 Å². The third-order valence-corrected chi connectivity index (χ3v) is 2.13. The van der Waals surface area contributed by atoms with Gasteiger partial charge in [0.15, 0.2) is 5.96 Å². The molecule has 0 amide bonds. The molecule has 1 aromatic rings. The monoisotopic (exact) mass is 375 g/mol. The molecular weight excluding hydrogens is 353 g/mol. The number of aliphatic imine (C=N–C) groups is 1. The minimum absolute atomic E-state index is 0. The van der Waals surface area contributed by atoms with Crippen molar-refractivity contribution in [3.8, 4) is 5.75 Å². The first kappa shape index (κ1) is 17.8. The summed E-state index contributed by atoms with van der Waals surface area (Å²) in [6.45, 7) is 8.40. The highest BCUT2D eigenvalue weighted by Crippen LogP contribution is 2.07. The summed E-state index contributed by atoms with van der Waals surface area (Å²) in [5.74, 6) is 1.66. The van der Waals surface area contributed by atoms with E-state index in [1.54, 1.807) is 6.08 Å². The van der Waals surface area contributed by atoms with Crippen molar-refractivity contribution in [2.75, 3.05) is 26.2 Å². The Morgan fingerprint density at radius 2 is 2.05 bits per heavy atom. The molecule has 0 bridgehead atoms. The Labute approximate surface area is 132 Å². The molecule has 0 saturated carbocycles. The summed E-state index contributed by atoms with van der Waals surface area (Å²) in [4.78, 5) is 4.39. The van der Waals surface area contributed by atoms with Crippen LogP contribution in [0.15, 0.2) is 48.0 Å². The Morgan fingerprint density at radius 1 is 1.32 bits per heavy atom. The maximum Gasteiger partial charge on any atom is 0.191 e. The van der Waals surface area contributed by atoms with E-state index < -0.39 is 0 Å². The van der Waals surface area contributed by atoms with Gasteiger partial charge in [-0.15, -0.1) is 30.6 Å². The second-order valence-corrected chi connectivity index (χ2v) is 3.59. The van der Waals surface area contributed by atoms with Gasteiger partial charge in [-0.3, -0.25) is 0 Å². The SMILES string of the molecule is C=CCNC(=NCCOc1ccccc1)NCC.I. The normalized spacial score (nSPS) is 10.3. The van der Waals surface area contributed by atoms with Crippen LogP contribution in [0.1, 0.15) is 6.92 Å². The van der Waals surface area contributed by atoms with Gasteiger partial charge >= 0.3 is 0 Å². The summed E-state index contributed by atoms with van der Waals surface area (Å²) in [6, 6.07) is 9.74. The van der Waals surface area contributed by atoms with Crippen LogP contribution in [0.2, 0.25) is 0 Å². The van der Waals surface area contributed by atoms with Gasteiger partial charge in [-0.2, -0.15) is 0 Å². The maximum absolute atomic E-state index is 5.56. The Hall–Kier alpha value is -1.24. The number of hydrogen-bond donors (Lipinski definition) is 2.